The van der Waals surface area contributed by atoms with E-state index in [1.165, 1.54) is 37.3 Å². The van der Waals surface area contributed by atoms with Gasteiger partial charge in [-0.25, -0.2) is 4.98 Å². The molecule has 0 saturated carbocycles. The smallest absolute Gasteiger partial charge is 0.307 e. The molecule has 1 aromatic carbocycles. The van der Waals surface area contributed by atoms with Crippen LogP contribution in [0.1, 0.15) is 61.9 Å². The number of carboxylic acid groups (broad SMARTS) is 1. The summed E-state index contributed by atoms with van der Waals surface area (Å²) >= 11 is 0. The molecule has 0 radical (unpaired) electrons. The molecule has 2 aromatic rings. The molecule has 0 bridgehead atoms. The van der Waals surface area contributed by atoms with E-state index in [1.54, 1.807) is 25.3 Å². The summed E-state index contributed by atoms with van der Waals surface area (Å²) in [5, 5.41) is 18.0. The molecule has 0 atom stereocenters. The van der Waals surface area contributed by atoms with E-state index < -0.39 is 5.97 Å². The van der Waals surface area contributed by atoms with Gasteiger partial charge in [-0.2, -0.15) is 0 Å². The first kappa shape index (κ1) is 24.4. The van der Waals surface area contributed by atoms with Gasteiger partial charge in [0.15, 0.2) is 0 Å². The minimum atomic E-state index is -0.902. The van der Waals surface area contributed by atoms with Crippen molar-refractivity contribution in [2.24, 2.45) is 0 Å². The number of carbonyl (C=O) groups is 1. The largest absolute Gasteiger partial charge is 0.497 e. The third-order valence-electron chi connectivity index (χ3n) is 4.95. The van der Waals surface area contributed by atoms with E-state index in [0.717, 1.165) is 25.0 Å². The number of ether oxygens (including phenoxy) is 2. The molecule has 0 unspecified atom stereocenters. The van der Waals surface area contributed by atoms with Gasteiger partial charge in [-0.05, 0) is 55.2 Å². The number of pyridine rings is 1. The minimum absolute atomic E-state index is 0.0804. The van der Waals surface area contributed by atoms with Gasteiger partial charge in [0.2, 0.25) is 0 Å². The number of aliphatic hydroxyl groups excluding tert-OH is 1. The molecule has 2 rings (SSSR count). The highest BCUT2D eigenvalue weighted by Gasteiger charge is 2.05. The Bertz CT molecular complexity index is 817. The maximum absolute atomic E-state index is 10.7. The van der Waals surface area contributed by atoms with Crippen LogP contribution in [0.15, 0.2) is 42.5 Å². The normalized spacial score (nSPS) is 11.0. The molecule has 0 saturated heterocycles. The van der Waals surface area contributed by atoms with Gasteiger partial charge >= 0.3 is 5.97 Å². The van der Waals surface area contributed by atoms with E-state index in [0.29, 0.717) is 23.7 Å². The van der Waals surface area contributed by atoms with Crippen LogP contribution in [0.4, 0.5) is 0 Å². The number of unbranched alkanes of at least 4 members (excludes halogenated alkanes) is 5. The molecule has 6 heteroatoms. The Hall–Kier alpha value is -2.86. The van der Waals surface area contributed by atoms with Crippen molar-refractivity contribution in [3.63, 3.8) is 0 Å². The number of hydrogen-bond acceptors (Lipinski definition) is 5. The van der Waals surface area contributed by atoms with E-state index in [2.05, 4.69) is 17.1 Å². The lowest BCUT2D eigenvalue weighted by atomic mass is 10.0. The van der Waals surface area contributed by atoms with Crippen LogP contribution in [0.25, 0.3) is 6.08 Å². The zero-order chi connectivity index (χ0) is 22.3. The van der Waals surface area contributed by atoms with Crippen LogP contribution in [0, 0.1) is 0 Å². The first-order chi connectivity index (χ1) is 15.1. The summed E-state index contributed by atoms with van der Waals surface area (Å²) in [4.78, 5) is 15.0. The van der Waals surface area contributed by atoms with Crippen molar-refractivity contribution in [2.75, 3.05) is 13.7 Å². The number of carboxylic acids is 1. The van der Waals surface area contributed by atoms with Crippen molar-refractivity contribution < 1.29 is 24.5 Å². The van der Waals surface area contributed by atoms with Gasteiger partial charge in [-0.3, -0.25) is 4.79 Å². The molecule has 6 nitrogen and oxygen atoms in total. The number of aliphatic hydroxyl groups is 1. The second-order valence-corrected chi connectivity index (χ2v) is 7.41. The number of benzene rings is 1. The number of aromatic nitrogens is 1. The summed E-state index contributed by atoms with van der Waals surface area (Å²) in [6.07, 6.45) is 11.1. The lowest BCUT2D eigenvalue weighted by Crippen LogP contribution is -2.02. The summed E-state index contributed by atoms with van der Waals surface area (Å²) in [6.45, 7) is 0.421. The van der Waals surface area contributed by atoms with Crippen molar-refractivity contribution in [2.45, 2.75) is 58.0 Å². The number of nitrogens with zero attached hydrogens (tertiary/aromatic N) is 1. The molecule has 0 aliphatic rings. The molecule has 0 aliphatic heterocycles. The molecule has 31 heavy (non-hydrogen) atoms. The van der Waals surface area contributed by atoms with Crippen molar-refractivity contribution in [3.8, 4) is 11.5 Å². The van der Waals surface area contributed by atoms with E-state index in [4.69, 9.17) is 14.6 Å². The summed E-state index contributed by atoms with van der Waals surface area (Å²) in [6, 6.07) is 11.8. The maximum Gasteiger partial charge on any atom is 0.307 e. The van der Waals surface area contributed by atoms with Crippen molar-refractivity contribution in [1.29, 1.82) is 0 Å². The van der Waals surface area contributed by atoms with Gasteiger partial charge in [0, 0.05) is 0 Å². The third-order valence-corrected chi connectivity index (χ3v) is 4.95. The van der Waals surface area contributed by atoms with E-state index in [-0.39, 0.29) is 13.0 Å². The van der Waals surface area contributed by atoms with Crippen LogP contribution in [-0.4, -0.2) is 34.9 Å². The number of hydrogen-bond donors (Lipinski definition) is 2. The highest BCUT2D eigenvalue weighted by molar-refractivity contribution is 5.70. The van der Waals surface area contributed by atoms with Crippen LogP contribution in [0.3, 0.4) is 0 Å². The van der Waals surface area contributed by atoms with Gasteiger partial charge in [0.1, 0.15) is 17.2 Å². The van der Waals surface area contributed by atoms with Crippen LogP contribution >= 0.6 is 0 Å². The van der Waals surface area contributed by atoms with Crippen LogP contribution in [-0.2, 0) is 17.8 Å². The van der Waals surface area contributed by atoms with Crippen molar-refractivity contribution >= 4 is 12.0 Å². The minimum Gasteiger partial charge on any atom is -0.497 e. The Balaban J connectivity index is 1.62. The van der Waals surface area contributed by atoms with Gasteiger partial charge in [-0.1, -0.05) is 43.9 Å². The number of methoxy groups -OCH3 is 1. The Morgan fingerprint density at radius 1 is 1.00 bits per heavy atom. The molecular weight excluding hydrogens is 394 g/mol. The predicted molar refractivity (Wildman–Crippen MR) is 121 cm³/mol. The molecule has 168 valence electrons. The highest BCUT2D eigenvalue weighted by Crippen LogP contribution is 2.20. The third kappa shape index (κ3) is 9.66. The van der Waals surface area contributed by atoms with Gasteiger partial charge < -0.3 is 19.7 Å². The predicted octanol–water partition coefficient (Wildman–Crippen LogP) is 5.03. The van der Waals surface area contributed by atoms with Gasteiger partial charge in [0.05, 0.1) is 32.4 Å². The topological polar surface area (TPSA) is 88.9 Å². The fourth-order valence-electron chi connectivity index (χ4n) is 3.22. The number of aryl methyl sites for hydroxylation is 1. The monoisotopic (exact) mass is 427 g/mol. The Kier molecular flexibility index (Phi) is 11.2. The average molecular weight is 428 g/mol. The van der Waals surface area contributed by atoms with Gasteiger partial charge in [0.25, 0.3) is 0 Å². The van der Waals surface area contributed by atoms with Crippen molar-refractivity contribution in [3.05, 3.63) is 59.4 Å². The fraction of sp³-hybridized carbons (Fsp3) is 0.440. The number of rotatable bonds is 15. The van der Waals surface area contributed by atoms with E-state index in [1.807, 2.05) is 12.1 Å². The fourth-order valence-corrected chi connectivity index (χ4v) is 3.22. The zero-order valence-corrected chi connectivity index (χ0v) is 18.3. The van der Waals surface area contributed by atoms with E-state index >= 15 is 0 Å². The molecule has 1 heterocycles. The standard InChI is InChI=1S/C25H33NO5/c1-30-22-15-12-20(13-16-22)9-6-4-2-3-5-7-18-31-24-17-14-21(19-27)26-23(24)10-8-11-25(28)29/h8,10,12-17,27H,2-7,9,11,18-19H2,1H3,(H,28,29)/b10-8+. The van der Waals surface area contributed by atoms with Crippen molar-refractivity contribution in [1.82, 2.24) is 4.98 Å². The lowest BCUT2D eigenvalue weighted by molar-refractivity contribution is -0.135. The Labute approximate surface area is 184 Å². The molecular formula is C25H33NO5. The summed E-state index contributed by atoms with van der Waals surface area (Å²) in [5.74, 6) is 0.605. The molecule has 2 N–H and O–H groups in total. The summed E-state index contributed by atoms with van der Waals surface area (Å²) < 4.78 is 11.0. The second-order valence-electron chi connectivity index (χ2n) is 7.41. The molecule has 0 amide bonds. The molecule has 0 fully saturated rings. The maximum atomic E-state index is 10.7. The molecule has 0 spiro atoms. The molecule has 1 aromatic heterocycles. The quantitative estimate of drug-likeness (QED) is 0.388. The summed E-state index contributed by atoms with van der Waals surface area (Å²) in [7, 11) is 1.68. The van der Waals surface area contributed by atoms with Crippen LogP contribution in [0.2, 0.25) is 0 Å². The van der Waals surface area contributed by atoms with Crippen LogP contribution < -0.4 is 9.47 Å². The Morgan fingerprint density at radius 2 is 1.71 bits per heavy atom. The highest BCUT2D eigenvalue weighted by atomic mass is 16.5. The summed E-state index contributed by atoms with van der Waals surface area (Å²) in [5.41, 5.74) is 2.42. The Morgan fingerprint density at radius 3 is 2.39 bits per heavy atom. The SMILES string of the molecule is COc1ccc(CCCCCCCCOc2ccc(CO)nc2/C=C/CC(=O)O)cc1. The second kappa shape index (κ2) is 14.2. The molecule has 0 aliphatic carbocycles. The number of aliphatic carboxylic acids is 1. The van der Waals surface area contributed by atoms with Crippen LogP contribution in [0.5, 0.6) is 11.5 Å². The van der Waals surface area contributed by atoms with E-state index in [9.17, 15) is 9.90 Å². The van der Waals surface area contributed by atoms with Gasteiger partial charge in [-0.15, -0.1) is 0 Å². The average Bonchev–Trinajstić information content (AvgIpc) is 2.78. The lowest BCUT2D eigenvalue weighted by Gasteiger charge is -2.10. The first-order valence-electron chi connectivity index (χ1n) is 10.9. The zero-order valence-electron chi connectivity index (χ0n) is 18.3. The first-order valence-corrected chi connectivity index (χ1v) is 10.9.